The van der Waals surface area contributed by atoms with Crippen molar-refractivity contribution >= 4 is 35.4 Å². The minimum absolute atomic E-state index is 0.125. The van der Waals surface area contributed by atoms with Gasteiger partial charge in [-0.2, -0.15) is 0 Å². The Morgan fingerprint density at radius 2 is 1.76 bits per heavy atom. The molecule has 4 aliphatic heterocycles. The second-order valence-corrected chi connectivity index (χ2v) is 9.67. The first-order valence-electron chi connectivity index (χ1n) is 9.92. The van der Waals surface area contributed by atoms with E-state index in [-0.39, 0.29) is 18.7 Å². The maximum absolute atomic E-state index is 12.9. The molecule has 4 aliphatic rings. The molecule has 29 heavy (non-hydrogen) atoms. The van der Waals surface area contributed by atoms with Crippen LogP contribution in [0.5, 0.6) is 0 Å². The van der Waals surface area contributed by atoms with Crippen LogP contribution in [0.3, 0.4) is 0 Å². The molecule has 4 heterocycles. The first-order valence-corrected chi connectivity index (χ1v) is 10.9. The average molecular weight is 414 g/mol. The highest BCUT2D eigenvalue weighted by Crippen LogP contribution is 2.31. The quantitative estimate of drug-likeness (QED) is 0.653. The zero-order valence-electron chi connectivity index (χ0n) is 15.8. The lowest BCUT2D eigenvalue weighted by atomic mass is 10.0. The van der Waals surface area contributed by atoms with Gasteiger partial charge in [0.05, 0.1) is 11.1 Å². The van der Waals surface area contributed by atoms with Gasteiger partial charge >= 0.3 is 0 Å². The third-order valence-electron chi connectivity index (χ3n) is 5.96. The number of nitrogens with zero attached hydrogens (tertiary/aromatic N) is 2. The van der Waals surface area contributed by atoms with E-state index in [9.17, 15) is 19.2 Å². The monoisotopic (exact) mass is 414 g/mol. The molecule has 1 unspecified atom stereocenters. The van der Waals surface area contributed by atoms with Crippen molar-refractivity contribution in [2.24, 2.45) is 0 Å². The van der Waals surface area contributed by atoms with Gasteiger partial charge in [-0.25, -0.2) is 0 Å². The van der Waals surface area contributed by atoms with Crippen molar-refractivity contribution in [3.05, 3.63) is 34.9 Å². The first-order chi connectivity index (χ1) is 14.0. The molecule has 1 atom stereocenters. The predicted molar refractivity (Wildman–Crippen MR) is 106 cm³/mol. The number of piperidine rings is 1. The van der Waals surface area contributed by atoms with E-state index >= 15 is 0 Å². The Labute approximate surface area is 172 Å². The van der Waals surface area contributed by atoms with E-state index in [0.717, 1.165) is 48.4 Å². The lowest BCUT2D eigenvalue weighted by Crippen LogP contribution is -2.54. The molecule has 0 saturated carbocycles. The zero-order valence-corrected chi connectivity index (χ0v) is 16.7. The van der Waals surface area contributed by atoms with E-state index in [1.54, 1.807) is 12.1 Å². The summed E-state index contributed by atoms with van der Waals surface area (Å²) in [6.45, 7) is 5.02. The van der Waals surface area contributed by atoms with Crippen LogP contribution >= 0.6 is 11.8 Å². The number of thioether (sulfide) groups is 1. The standard InChI is InChI=1S/C20H22N4O4S/c25-17-4-3-16(18(26)22-17)24-19(27)14-2-1-11(5-15(14)20(24)28)8-23-9-13(10-23)29-12-6-21-7-12/h1-2,5,12-13,16,21H,3-4,6-10H2,(H,22,25,26). The van der Waals surface area contributed by atoms with Crippen LogP contribution < -0.4 is 10.6 Å². The molecule has 1 aromatic rings. The minimum atomic E-state index is -0.919. The summed E-state index contributed by atoms with van der Waals surface area (Å²) in [5.41, 5.74) is 1.67. The molecule has 9 heteroatoms. The second kappa shape index (κ2) is 7.23. The molecule has 8 nitrogen and oxygen atoms in total. The van der Waals surface area contributed by atoms with Crippen molar-refractivity contribution in [1.29, 1.82) is 0 Å². The van der Waals surface area contributed by atoms with E-state index in [4.69, 9.17) is 0 Å². The van der Waals surface area contributed by atoms with Crippen molar-refractivity contribution in [3.63, 3.8) is 0 Å². The van der Waals surface area contributed by atoms with Crippen LogP contribution in [0.25, 0.3) is 0 Å². The molecular weight excluding hydrogens is 392 g/mol. The minimum Gasteiger partial charge on any atom is -0.314 e. The number of hydrogen-bond acceptors (Lipinski definition) is 7. The molecule has 0 radical (unpaired) electrons. The van der Waals surface area contributed by atoms with E-state index in [2.05, 4.69) is 27.3 Å². The van der Waals surface area contributed by atoms with Gasteiger partial charge < -0.3 is 5.32 Å². The van der Waals surface area contributed by atoms with Crippen LogP contribution in [0.15, 0.2) is 18.2 Å². The maximum atomic E-state index is 12.9. The van der Waals surface area contributed by atoms with Crippen molar-refractivity contribution in [2.75, 3.05) is 26.2 Å². The normalized spacial score (nSPS) is 25.7. The molecule has 5 rings (SSSR count). The van der Waals surface area contributed by atoms with Crippen LogP contribution in [0.1, 0.15) is 39.1 Å². The summed E-state index contributed by atoms with van der Waals surface area (Å²) in [5.74, 6) is -1.86. The highest BCUT2D eigenvalue weighted by Gasteiger charge is 2.44. The Bertz CT molecular complexity index is 910. The van der Waals surface area contributed by atoms with Crippen molar-refractivity contribution in [2.45, 2.75) is 35.9 Å². The Morgan fingerprint density at radius 3 is 2.45 bits per heavy atom. The van der Waals surface area contributed by atoms with Gasteiger partial charge in [0.2, 0.25) is 11.8 Å². The summed E-state index contributed by atoms with van der Waals surface area (Å²) in [6.07, 6.45) is 0.298. The number of imide groups is 2. The molecule has 4 amide bonds. The van der Waals surface area contributed by atoms with Crippen molar-refractivity contribution in [1.82, 2.24) is 20.4 Å². The van der Waals surface area contributed by atoms with E-state index in [1.165, 1.54) is 0 Å². The summed E-state index contributed by atoms with van der Waals surface area (Å²) in [4.78, 5) is 52.5. The van der Waals surface area contributed by atoms with E-state index in [0.29, 0.717) is 16.4 Å². The summed E-state index contributed by atoms with van der Waals surface area (Å²) in [5, 5.41) is 6.92. The smallest absolute Gasteiger partial charge is 0.262 e. The van der Waals surface area contributed by atoms with Gasteiger partial charge in [-0.3, -0.25) is 34.3 Å². The molecule has 152 valence electrons. The van der Waals surface area contributed by atoms with Gasteiger partial charge in [-0.1, -0.05) is 6.07 Å². The Kier molecular flexibility index (Phi) is 4.68. The van der Waals surface area contributed by atoms with Gasteiger partial charge in [-0.05, 0) is 24.1 Å². The van der Waals surface area contributed by atoms with Gasteiger partial charge in [-0.15, -0.1) is 11.8 Å². The molecular formula is C20H22N4O4S. The lowest BCUT2D eigenvalue weighted by Gasteiger charge is -2.42. The van der Waals surface area contributed by atoms with Gasteiger partial charge in [0.1, 0.15) is 6.04 Å². The Hall–Kier alpha value is -2.23. The topological polar surface area (TPSA) is 98.8 Å². The third kappa shape index (κ3) is 3.37. The Morgan fingerprint density at radius 1 is 1.00 bits per heavy atom. The fraction of sp³-hybridized carbons (Fsp3) is 0.500. The molecule has 3 fully saturated rings. The molecule has 0 spiro atoms. The van der Waals surface area contributed by atoms with E-state index in [1.807, 2.05) is 6.07 Å². The third-order valence-corrected chi connectivity index (χ3v) is 7.36. The summed E-state index contributed by atoms with van der Waals surface area (Å²) in [7, 11) is 0. The fourth-order valence-electron chi connectivity index (χ4n) is 4.24. The number of nitrogens with one attached hydrogen (secondary N) is 2. The number of carbonyl (C=O) groups is 4. The molecule has 0 bridgehead atoms. The fourth-order valence-corrected chi connectivity index (χ4v) is 5.81. The summed E-state index contributed by atoms with van der Waals surface area (Å²) >= 11 is 2.05. The molecule has 2 N–H and O–H groups in total. The van der Waals surface area contributed by atoms with Crippen LogP contribution in [0.4, 0.5) is 0 Å². The van der Waals surface area contributed by atoms with Gasteiger partial charge in [0, 0.05) is 49.6 Å². The van der Waals surface area contributed by atoms with Gasteiger partial charge in [0.15, 0.2) is 0 Å². The number of carbonyl (C=O) groups excluding carboxylic acids is 4. The Balaban J connectivity index is 1.25. The predicted octanol–water partition coefficient (Wildman–Crippen LogP) is -0.0230. The molecule has 3 saturated heterocycles. The van der Waals surface area contributed by atoms with Crippen LogP contribution in [0.2, 0.25) is 0 Å². The molecule has 1 aromatic carbocycles. The largest absolute Gasteiger partial charge is 0.314 e. The average Bonchev–Trinajstić information content (AvgIpc) is 2.86. The number of amides is 4. The zero-order chi connectivity index (χ0) is 20.1. The highest BCUT2D eigenvalue weighted by molar-refractivity contribution is 8.00. The number of rotatable bonds is 5. The van der Waals surface area contributed by atoms with Crippen LogP contribution in [0, 0.1) is 0 Å². The number of benzene rings is 1. The first kappa shape index (κ1) is 18.8. The van der Waals surface area contributed by atoms with E-state index < -0.39 is 23.8 Å². The number of likely N-dealkylation sites (tertiary alicyclic amines) is 1. The molecule has 0 aliphatic carbocycles. The van der Waals surface area contributed by atoms with Gasteiger partial charge in [0.25, 0.3) is 11.8 Å². The number of fused-ring (bicyclic) bond motifs is 1. The number of hydrogen-bond donors (Lipinski definition) is 2. The molecule has 0 aromatic heterocycles. The summed E-state index contributed by atoms with van der Waals surface area (Å²) < 4.78 is 0. The maximum Gasteiger partial charge on any atom is 0.262 e. The highest BCUT2D eigenvalue weighted by atomic mass is 32.2. The summed E-state index contributed by atoms with van der Waals surface area (Å²) in [6, 6.07) is 4.42. The van der Waals surface area contributed by atoms with Crippen molar-refractivity contribution < 1.29 is 19.2 Å². The lowest BCUT2D eigenvalue weighted by molar-refractivity contribution is -0.136. The van der Waals surface area contributed by atoms with Crippen molar-refractivity contribution in [3.8, 4) is 0 Å². The van der Waals surface area contributed by atoms with Crippen LogP contribution in [-0.2, 0) is 16.1 Å². The SMILES string of the molecule is O=C1CCC(N2C(=O)c3ccc(CN4CC(SC5CNC5)C4)cc3C2=O)C(=O)N1. The second-order valence-electron chi connectivity index (χ2n) is 8.06. The van der Waals surface area contributed by atoms with Crippen LogP contribution in [-0.4, -0.2) is 76.1 Å².